The third kappa shape index (κ3) is 2.44. The molecule has 90 valence electrons. The van der Waals surface area contributed by atoms with Crippen molar-refractivity contribution in [3.63, 3.8) is 0 Å². The minimum atomic E-state index is 0.142. The van der Waals surface area contributed by atoms with E-state index in [9.17, 15) is 5.11 Å². The molecule has 0 aromatic carbocycles. The number of nitrogens with zero attached hydrogens (tertiary/aromatic N) is 3. The number of hydrogen-bond donors (Lipinski definition) is 1. The Morgan fingerprint density at radius 2 is 2.12 bits per heavy atom. The van der Waals surface area contributed by atoms with Crippen LogP contribution in [0.4, 0.5) is 0 Å². The van der Waals surface area contributed by atoms with Gasteiger partial charge in [-0.05, 0) is 37.4 Å². The number of hydrogen-bond acceptors (Lipinski definition) is 3. The average molecular weight is 223 g/mol. The van der Waals surface area contributed by atoms with Crippen LogP contribution in [0.1, 0.15) is 25.5 Å². The molecule has 1 fully saturated rings. The Morgan fingerprint density at radius 1 is 1.44 bits per heavy atom. The summed E-state index contributed by atoms with van der Waals surface area (Å²) in [5.74, 6) is 0. The number of aliphatic hydroxyl groups excluding tert-OH is 1. The van der Waals surface area contributed by atoms with Gasteiger partial charge in [0, 0.05) is 26.4 Å². The molecule has 0 spiro atoms. The van der Waals surface area contributed by atoms with Gasteiger partial charge in [0.05, 0.1) is 5.69 Å². The number of aliphatic hydroxyl groups is 1. The zero-order valence-electron chi connectivity index (χ0n) is 10.2. The number of rotatable bonds is 3. The standard InChI is InChI=1S/C12H21N3O/c1-12(10-16)4-7-15(8-5-12)9-11-3-6-13-14(11)2/h3,6,16H,4-5,7-10H2,1-2H3. The van der Waals surface area contributed by atoms with Gasteiger partial charge in [0.2, 0.25) is 0 Å². The van der Waals surface area contributed by atoms with Gasteiger partial charge in [-0.3, -0.25) is 9.58 Å². The maximum absolute atomic E-state index is 9.30. The molecule has 16 heavy (non-hydrogen) atoms. The van der Waals surface area contributed by atoms with E-state index in [2.05, 4.69) is 23.0 Å². The summed E-state index contributed by atoms with van der Waals surface area (Å²) < 4.78 is 1.93. The van der Waals surface area contributed by atoms with Gasteiger partial charge in [-0.15, -0.1) is 0 Å². The molecule has 1 aromatic rings. The number of piperidine rings is 1. The highest BCUT2D eigenvalue weighted by molar-refractivity contribution is 5.00. The van der Waals surface area contributed by atoms with Gasteiger partial charge < -0.3 is 5.11 Å². The molecule has 0 atom stereocenters. The largest absolute Gasteiger partial charge is 0.396 e. The molecular formula is C12H21N3O. The first-order valence-electron chi connectivity index (χ1n) is 5.93. The van der Waals surface area contributed by atoms with Crippen molar-refractivity contribution in [1.29, 1.82) is 0 Å². The first-order valence-corrected chi connectivity index (χ1v) is 5.93. The normalized spacial score (nSPS) is 21.2. The van der Waals surface area contributed by atoms with Crippen molar-refractivity contribution in [2.45, 2.75) is 26.3 Å². The third-order valence-electron chi connectivity index (χ3n) is 3.75. The van der Waals surface area contributed by atoms with Crippen LogP contribution in [0.25, 0.3) is 0 Å². The van der Waals surface area contributed by atoms with E-state index >= 15 is 0 Å². The summed E-state index contributed by atoms with van der Waals surface area (Å²) in [5, 5.41) is 13.5. The van der Waals surface area contributed by atoms with Crippen LogP contribution in [0.5, 0.6) is 0 Å². The highest BCUT2D eigenvalue weighted by atomic mass is 16.3. The van der Waals surface area contributed by atoms with Crippen molar-refractivity contribution in [1.82, 2.24) is 14.7 Å². The van der Waals surface area contributed by atoms with Gasteiger partial charge in [0.15, 0.2) is 0 Å². The van der Waals surface area contributed by atoms with Gasteiger partial charge in [0.25, 0.3) is 0 Å². The van der Waals surface area contributed by atoms with Crippen molar-refractivity contribution < 1.29 is 5.11 Å². The van der Waals surface area contributed by atoms with Crippen LogP contribution in [0.3, 0.4) is 0 Å². The van der Waals surface area contributed by atoms with E-state index in [4.69, 9.17) is 0 Å². The lowest BCUT2D eigenvalue weighted by molar-refractivity contribution is 0.0548. The Hall–Kier alpha value is -0.870. The van der Waals surface area contributed by atoms with Crippen LogP contribution >= 0.6 is 0 Å². The second kappa shape index (κ2) is 4.55. The average Bonchev–Trinajstić information content (AvgIpc) is 2.68. The maximum Gasteiger partial charge on any atom is 0.0521 e. The summed E-state index contributed by atoms with van der Waals surface area (Å²) in [5.41, 5.74) is 1.40. The summed E-state index contributed by atoms with van der Waals surface area (Å²) in [4.78, 5) is 2.44. The SMILES string of the molecule is Cn1nccc1CN1CCC(C)(CO)CC1. The Balaban J connectivity index is 1.88. The monoisotopic (exact) mass is 223 g/mol. The Morgan fingerprint density at radius 3 is 2.62 bits per heavy atom. The Labute approximate surface area is 96.9 Å². The molecule has 0 aliphatic carbocycles. The van der Waals surface area contributed by atoms with Gasteiger partial charge in [0.1, 0.15) is 0 Å². The molecule has 1 aliphatic heterocycles. The minimum Gasteiger partial charge on any atom is -0.396 e. The molecule has 0 saturated carbocycles. The molecule has 0 amide bonds. The van der Waals surface area contributed by atoms with E-state index in [0.29, 0.717) is 6.61 Å². The van der Waals surface area contributed by atoms with Gasteiger partial charge in [-0.1, -0.05) is 6.92 Å². The van der Waals surface area contributed by atoms with Crippen molar-refractivity contribution in [3.05, 3.63) is 18.0 Å². The number of likely N-dealkylation sites (tertiary alicyclic amines) is 1. The van der Waals surface area contributed by atoms with Crippen LogP contribution < -0.4 is 0 Å². The summed E-state index contributed by atoms with van der Waals surface area (Å²) in [6.07, 6.45) is 4.01. The summed E-state index contributed by atoms with van der Waals surface area (Å²) >= 11 is 0. The highest BCUT2D eigenvalue weighted by Gasteiger charge is 2.29. The predicted molar refractivity (Wildman–Crippen MR) is 62.9 cm³/mol. The fraction of sp³-hybridized carbons (Fsp3) is 0.750. The van der Waals surface area contributed by atoms with Crippen LogP contribution in [-0.4, -0.2) is 39.5 Å². The van der Waals surface area contributed by atoms with E-state index in [1.54, 1.807) is 0 Å². The van der Waals surface area contributed by atoms with Gasteiger partial charge in [-0.25, -0.2) is 0 Å². The fourth-order valence-corrected chi connectivity index (χ4v) is 2.19. The lowest BCUT2D eigenvalue weighted by Crippen LogP contribution is -2.40. The number of aromatic nitrogens is 2. The van der Waals surface area contributed by atoms with Crippen molar-refractivity contribution in [2.75, 3.05) is 19.7 Å². The molecule has 0 bridgehead atoms. The second-order valence-electron chi connectivity index (χ2n) is 5.19. The highest BCUT2D eigenvalue weighted by Crippen LogP contribution is 2.30. The Bertz CT molecular complexity index is 340. The molecule has 1 N–H and O–H groups in total. The molecule has 1 aromatic heterocycles. The van der Waals surface area contributed by atoms with E-state index in [-0.39, 0.29) is 5.41 Å². The molecule has 2 rings (SSSR count). The molecule has 1 saturated heterocycles. The summed E-state index contributed by atoms with van der Waals surface area (Å²) in [7, 11) is 1.98. The Kier molecular flexibility index (Phi) is 3.30. The molecule has 2 heterocycles. The van der Waals surface area contributed by atoms with Gasteiger partial charge in [-0.2, -0.15) is 5.10 Å². The first kappa shape index (κ1) is 11.6. The summed E-state index contributed by atoms with van der Waals surface area (Å²) in [6.45, 7) is 5.60. The zero-order chi connectivity index (χ0) is 11.6. The van der Waals surface area contributed by atoms with Crippen LogP contribution in [0, 0.1) is 5.41 Å². The van der Waals surface area contributed by atoms with Crippen LogP contribution in [-0.2, 0) is 13.6 Å². The van der Waals surface area contributed by atoms with Crippen molar-refractivity contribution >= 4 is 0 Å². The van der Waals surface area contributed by atoms with Gasteiger partial charge >= 0.3 is 0 Å². The molecule has 0 radical (unpaired) electrons. The molecule has 1 aliphatic rings. The van der Waals surface area contributed by atoms with E-state index in [0.717, 1.165) is 32.5 Å². The first-order chi connectivity index (χ1) is 7.63. The van der Waals surface area contributed by atoms with E-state index < -0.39 is 0 Å². The third-order valence-corrected chi connectivity index (χ3v) is 3.75. The summed E-state index contributed by atoms with van der Waals surface area (Å²) in [6, 6.07) is 2.07. The quantitative estimate of drug-likeness (QED) is 0.831. The molecular weight excluding hydrogens is 202 g/mol. The van der Waals surface area contributed by atoms with Crippen LogP contribution in [0.2, 0.25) is 0 Å². The number of aryl methyl sites for hydroxylation is 1. The predicted octanol–water partition coefficient (Wildman–Crippen LogP) is 1.01. The lowest BCUT2D eigenvalue weighted by atomic mass is 9.81. The van der Waals surface area contributed by atoms with Crippen molar-refractivity contribution in [2.24, 2.45) is 12.5 Å². The molecule has 0 unspecified atom stereocenters. The molecule has 4 heteroatoms. The zero-order valence-corrected chi connectivity index (χ0v) is 10.2. The van der Waals surface area contributed by atoms with Crippen LogP contribution in [0.15, 0.2) is 12.3 Å². The lowest BCUT2D eigenvalue weighted by Gasteiger charge is -2.38. The fourth-order valence-electron chi connectivity index (χ4n) is 2.19. The molecule has 4 nitrogen and oxygen atoms in total. The second-order valence-corrected chi connectivity index (χ2v) is 5.19. The topological polar surface area (TPSA) is 41.3 Å². The van der Waals surface area contributed by atoms with E-state index in [1.807, 2.05) is 17.9 Å². The minimum absolute atomic E-state index is 0.142. The van der Waals surface area contributed by atoms with E-state index in [1.165, 1.54) is 5.69 Å². The van der Waals surface area contributed by atoms with Crippen molar-refractivity contribution in [3.8, 4) is 0 Å². The smallest absolute Gasteiger partial charge is 0.0521 e. The maximum atomic E-state index is 9.30.